The van der Waals surface area contributed by atoms with Crippen LogP contribution in [0.5, 0.6) is 5.75 Å². The van der Waals surface area contributed by atoms with Crippen LogP contribution in [0.2, 0.25) is 0 Å². The zero-order chi connectivity index (χ0) is 11.4. The molecule has 0 saturated carbocycles. The van der Waals surface area contributed by atoms with Crippen molar-refractivity contribution in [1.82, 2.24) is 0 Å². The van der Waals surface area contributed by atoms with Gasteiger partial charge < -0.3 is 14.8 Å². The van der Waals surface area contributed by atoms with Crippen LogP contribution in [0.4, 0.5) is 5.69 Å². The van der Waals surface area contributed by atoms with Gasteiger partial charge in [-0.3, -0.25) is 0 Å². The molecular formula is C13H19NO2. The molecule has 1 fully saturated rings. The summed E-state index contributed by atoms with van der Waals surface area (Å²) in [6.07, 6.45) is 2.73. The Bertz CT molecular complexity index is 346. The van der Waals surface area contributed by atoms with Gasteiger partial charge in [0, 0.05) is 18.8 Å². The maximum absolute atomic E-state index is 5.57. The lowest BCUT2D eigenvalue weighted by Crippen LogP contribution is -2.18. The number of aryl methyl sites for hydroxylation is 1. The molecule has 0 bridgehead atoms. The first kappa shape index (κ1) is 11.3. The molecule has 0 aromatic heterocycles. The summed E-state index contributed by atoms with van der Waals surface area (Å²) in [5.74, 6) is 0.903. The molecule has 3 heteroatoms. The molecule has 1 aromatic rings. The van der Waals surface area contributed by atoms with Gasteiger partial charge in [-0.1, -0.05) is 0 Å². The van der Waals surface area contributed by atoms with Gasteiger partial charge in [0.25, 0.3) is 0 Å². The van der Waals surface area contributed by atoms with E-state index >= 15 is 0 Å². The van der Waals surface area contributed by atoms with Gasteiger partial charge in [-0.25, -0.2) is 0 Å². The molecule has 1 heterocycles. The van der Waals surface area contributed by atoms with Crippen LogP contribution in [0.3, 0.4) is 0 Å². The van der Waals surface area contributed by atoms with Crippen LogP contribution in [0, 0.1) is 6.92 Å². The fraction of sp³-hybridized carbons (Fsp3) is 0.538. The van der Waals surface area contributed by atoms with E-state index in [-0.39, 0.29) is 0 Å². The van der Waals surface area contributed by atoms with E-state index in [4.69, 9.17) is 9.47 Å². The van der Waals surface area contributed by atoms with E-state index in [9.17, 15) is 0 Å². The summed E-state index contributed by atoms with van der Waals surface area (Å²) in [6.45, 7) is 3.89. The monoisotopic (exact) mass is 221 g/mol. The van der Waals surface area contributed by atoms with Crippen molar-refractivity contribution < 1.29 is 9.47 Å². The van der Waals surface area contributed by atoms with Crippen molar-refractivity contribution in [3.8, 4) is 5.75 Å². The van der Waals surface area contributed by atoms with Crippen molar-refractivity contribution in [2.75, 3.05) is 25.6 Å². The average Bonchev–Trinajstić information content (AvgIpc) is 2.80. The number of nitrogens with one attached hydrogen (secondary N) is 1. The van der Waals surface area contributed by atoms with Crippen molar-refractivity contribution >= 4 is 5.69 Å². The molecule has 16 heavy (non-hydrogen) atoms. The van der Waals surface area contributed by atoms with Crippen LogP contribution in [0.25, 0.3) is 0 Å². The lowest BCUT2D eigenvalue weighted by molar-refractivity contribution is 0.120. The Kier molecular flexibility index (Phi) is 3.67. The Morgan fingerprint density at radius 1 is 1.50 bits per heavy atom. The van der Waals surface area contributed by atoms with Gasteiger partial charge in [-0.2, -0.15) is 0 Å². The third-order valence-corrected chi connectivity index (χ3v) is 2.98. The van der Waals surface area contributed by atoms with Crippen LogP contribution in [0.15, 0.2) is 18.2 Å². The number of methoxy groups -OCH3 is 1. The van der Waals surface area contributed by atoms with Gasteiger partial charge in [0.1, 0.15) is 5.75 Å². The van der Waals surface area contributed by atoms with E-state index in [0.29, 0.717) is 6.10 Å². The number of hydrogen-bond acceptors (Lipinski definition) is 3. The molecule has 1 aliphatic heterocycles. The van der Waals surface area contributed by atoms with Gasteiger partial charge >= 0.3 is 0 Å². The molecule has 1 aromatic carbocycles. The van der Waals surface area contributed by atoms with Crippen molar-refractivity contribution in [2.24, 2.45) is 0 Å². The highest BCUT2D eigenvalue weighted by Crippen LogP contribution is 2.21. The molecule has 0 spiro atoms. The normalized spacial score (nSPS) is 19.8. The first-order valence-corrected chi connectivity index (χ1v) is 5.79. The van der Waals surface area contributed by atoms with Gasteiger partial charge in [0.05, 0.1) is 13.2 Å². The Balaban J connectivity index is 1.93. The zero-order valence-corrected chi connectivity index (χ0v) is 9.95. The van der Waals surface area contributed by atoms with Crippen molar-refractivity contribution in [3.05, 3.63) is 23.8 Å². The second-order valence-electron chi connectivity index (χ2n) is 4.20. The van der Waals surface area contributed by atoms with Crippen molar-refractivity contribution in [3.63, 3.8) is 0 Å². The summed E-state index contributed by atoms with van der Waals surface area (Å²) >= 11 is 0. The van der Waals surface area contributed by atoms with Gasteiger partial charge in [-0.05, 0) is 43.5 Å². The fourth-order valence-corrected chi connectivity index (χ4v) is 1.99. The summed E-state index contributed by atoms with van der Waals surface area (Å²) < 4.78 is 10.7. The van der Waals surface area contributed by atoms with Crippen LogP contribution >= 0.6 is 0 Å². The minimum atomic E-state index is 0.376. The van der Waals surface area contributed by atoms with E-state index in [1.54, 1.807) is 7.11 Å². The molecule has 1 N–H and O–H groups in total. The molecule has 2 rings (SSSR count). The predicted octanol–water partition coefficient (Wildman–Crippen LogP) is 2.59. The van der Waals surface area contributed by atoms with E-state index < -0.39 is 0 Å². The van der Waals surface area contributed by atoms with E-state index in [0.717, 1.165) is 24.6 Å². The number of ether oxygens (including phenoxy) is 2. The van der Waals surface area contributed by atoms with Crippen LogP contribution < -0.4 is 10.1 Å². The highest BCUT2D eigenvalue weighted by molar-refractivity contribution is 5.53. The molecular weight excluding hydrogens is 202 g/mol. The van der Waals surface area contributed by atoms with Crippen LogP contribution in [-0.2, 0) is 4.74 Å². The number of hydrogen-bond donors (Lipinski definition) is 1. The molecule has 1 aliphatic rings. The van der Waals surface area contributed by atoms with Gasteiger partial charge in [0.15, 0.2) is 0 Å². The highest BCUT2D eigenvalue weighted by Gasteiger charge is 2.15. The second kappa shape index (κ2) is 5.21. The minimum Gasteiger partial charge on any atom is -0.497 e. The van der Waals surface area contributed by atoms with Crippen molar-refractivity contribution in [2.45, 2.75) is 25.9 Å². The summed E-state index contributed by atoms with van der Waals surface area (Å²) in [4.78, 5) is 0. The molecule has 1 saturated heterocycles. The summed E-state index contributed by atoms with van der Waals surface area (Å²) in [6, 6.07) is 6.08. The third kappa shape index (κ3) is 2.67. The number of anilines is 1. The average molecular weight is 221 g/mol. The van der Waals surface area contributed by atoms with Crippen LogP contribution in [-0.4, -0.2) is 26.4 Å². The number of rotatable bonds is 4. The fourth-order valence-electron chi connectivity index (χ4n) is 1.99. The maximum Gasteiger partial charge on any atom is 0.119 e. The van der Waals surface area contributed by atoms with Crippen molar-refractivity contribution in [1.29, 1.82) is 0 Å². The smallest absolute Gasteiger partial charge is 0.119 e. The van der Waals surface area contributed by atoms with E-state index in [2.05, 4.69) is 18.3 Å². The number of benzene rings is 1. The second-order valence-corrected chi connectivity index (χ2v) is 4.20. The standard InChI is InChI=1S/C13H19NO2/c1-10-8-11(15-2)5-6-13(10)14-9-12-4-3-7-16-12/h5-6,8,12,14H,3-4,7,9H2,1-2H3. The Hall–Kier alpha value is -1.22. The van der Waals surface area contributed by atoms with Gasteiger partial charge in [0.2, 0.25) is 0 Å². The molecule has 0 amide bonds. The molecule has 1 atom stereocenters. The van der Waals surface area contributed by atoms with E-state index in [1.807, 2.05) is 12.1 Å². The summed E-state index contributed by atoms with van der Waals surface area (Å²) in [7, 11) is 1.69. The molecule has 3 nitrogen and oxygen atoms in total. The topological polar surface area (TPSA) is 30.5 Å². The molecule has 0 aliphatic carbocycles. The zero-order valence-electron chi connectivity index (χ0n) is 9.95. The lowest BCUT2D eigenvalue weighted by atomic mass is 10.1. The third-order valence-electron chi connectivity index (χ3n) is 2.98. The first-order chi connectivity index (χ1) is 7.79. The largest absolute Gasteiger partial charge is 0.497 e. The molecule has 1 unspecified atom stereocenters. The minimum absolute atomic E-state index is 0.376. The first-order valence-electron chi connectivity index (χ1n) is 5.79. The summed E-state index contributed by atoms with van der Waals surface area (Å²) in [5.41, 5.74) is 2.37. The lowest BCUT2D eigenvalue weighted by Gasteiger charge is -2.14. The van der Waals surface area contributed by atoms with Gasteiger partial charge in [-0.15, -0.1) is 0 Å². The predicted molar refractivity (Wildman–Crippen MR) is 65.2 cm³/mol. The quantitative estimate of drug-likeness (QED) is 0.847. The summed E-state index contributed by atoms with van der Waals surface area (Å²) in [5, 5.41) is 3.43. The Morgan fingerprint density at radius 2 is 2.38 bits per heavy atom. The SMILES string of the molecule is COc1ccc(NCC2CCCO2)c(C)c1. The molecule has 0 radical (unpaired) electrons. The Morgan fingerprint density at radius 3 is 3.00 bits per heavy atom. The highest BCUT2D eigenvalue weighted by atomic mass is 16.5. The van der Waals surface area contributed by atoms with E-state index in [1.165, 1.54) is 18.4 Å². The maximum atomic E-state index is 5.57. The Labute approximate surface area is 96.8 Å². The van der Waals surface area contributed by atoms with Crippen LogP contribution in [0.1, 0.15) is 18.4 Å². The molecule has 88 valence electrons.